The highest BCUT2D eigenvalue weighted by Gasteiger charge is 2.31. The summed E-state index contributed by atoms with van der Waals surface area (Å²) in [7, 11) is 4.99. The quantitative estimate of drug-likeness (QED) is 0.360. The zero-order chi connectivity index (χ0) is 23.6. The zero-order valence-electron chi connectivity index (χ0n) is 18.3. The molecule has 0 atom stereocenters. The van der Waals surface area contributed by atoms with Crippen LogP contribution in [-0.4, -0.2) is 31.2 Å². The van der Waals surface area contributed by atoms with Crippen LogP contribution in [0.4, 0.5) is 18.9 Å². The number of ether oxygens (including phenoxy) is 2. The summed E-state index contributed by atoms with van der Waals surface area (Å²) in [4.78, 5) is 11.2. The average molecular weight is 453 g/mol. The first kappa shape index (κ1) is 22.4. The monoisotopic (exact) mass is 453 g/mol. The Morgan fingerprint density at radius 1 is 0.818 bits per heavy atom. The average Bonchev–Trinajstić information content (AvgIpc) is 2.82. The maximum absolute atomic E-state index is 13.2. The van der Waals surface area contributed by atoms with Gasteiger partial charge in [0.15, 0.2) is 11.5 Å². The fraction of sp³-hybridized carbons (Fsp3) is 0.200. The van der Waals surface area contributed by atoms with E-state index in [1.165, 1.54) is 6.07 Å². The Hall–Kier alpha value is -3.81. The lowest BCUT2D eigenvalue weighted by molar-refractivity contribution is -0.137. The minimum Gasteiger partial charge on any atom is -0.493 e. The van der Waals surface area contributed by atoms with Crippen molar-refractivity contribution in [2.24, 2.45) is 0 Å². The van der Waals surface area contributed by atoms with E-state index in [4.69, 9.17) is 9.47 Å². The number of hydrogen-bond donors (Lipinski definition) is 0. The molecule has 0 amide bonds. The number of fused-ring (bicyclic) bond motifs is 1. The summed E-state index contributed by atoms with van der Waals surface area (Å²) < 4.78 is 50.4. The van der Waals surface area contributed by atoms with Crippen LogP contribution in [-0.2, 0) is 12.7 Å². The van der Waals surface area contributed by atoms with Crippen molar-refractivity contribution in [3.05, 3.63) is 78.0 Å². The van der Waals surface area contributed by atoms with Gasteiger partial charge in [-0.05, 0) is 30.3 Å². The number of benzene rings is 3. The minimum absolute atomic E-state index is 0.195. The van der Waals surface area contributed by atoms with Gasteiger partial charge in [0.25, 0.3) is 0 Å². The van der Waals surface area contributed by atoms with Crippen molar-refractivity contribution in [1.29, 1.82) is 0 Å². The molecule has 1 aromatic heterocycles. The predicted molar refractivity (Wildman–Crippen MR) is 122 cm³/mol. The van der Waals surface area contributed by atoms with E-state index in [2.05, 4.69) is 9.97 Å². The molecule has 4 rings (SSSR count). The summed E-state index contributed by atoms with van der Waals surface area (Å²) in [6.07, 6.45) is -4.45. The lowest BCUT2D eigenvalue weighted by Crippen LogP contribution is -2.18. The SMILES string of the molecule is COc1ccc(N(C)Cc2nc3cc(C(F)(F)F)ccc3nc2-c2ccccc2)cc1OC. The Morgan fingerprint density at radius 2 is 1.55 bits per heavy atom. The number of alkyl halides is 3. The minimum atomic E-state index is -4.45. The normalized spacial score (nSPS) is 11.5. The highest BCUT2D eigenvalue weighted by Crippen LogP contribution is 2.34. The summed E-state index contributed by atoms with van der Waals surface area (Å²) in [5.41, 5.74) is 2.69. The van der Waals surface area contributed by atoms with Crippen molar-refractivity contribution in [1.82, 2.24) is 9.97 Å². The van der Waals surface area contributed by atoms with Crippen LogP contribution >= 0.6 is 0 Å². The molecule has 0 fully saturated rings. The summed E-state index contributed by atoms with van der Waals surface area (Å²) in [5.74, 6) is 1.18. The Morgan fingerprint density at radius 3 is 2.21 bits per heavy atom. The smallest absolute Gasteiger partial charge is 0.416 e. The summed E-state index contributed by atoms with van der Waals surface area (Å²) >= 11 is 0. The second-order valence-electron chi connectivity index (χ2n) is 7.48. The maximum Gasteiger partial charge on any atom is 0.416 e. The molecule has 0 bridgehead atoms. The largest absolute Gasteiger partial charge is 0.493 e. The standard InChI is InChI=1S/C25H22F3N3O2/c1-31(18-10-12-22(32-2)23(14-18)33-3)15-21-24(16-7-5-4-6-8-16)30-19-11-9-17(25(26,27)28)13-20(19)29-21/h4-14H,15H2,1-3H3. The molecule has 3 aromatic carbocycles. The summed E-state index contributed by atoms with van der Waals surface area (Å²) in [6.45, 7) is 0.318. The maximum atomic E-state index is 13.2. The van der Waals surface area contributed by atoms with Crippen LogP contribution in [0.25, 0.3) is 22.3 Å². The third-order valence-electron chi connectivity index (χ3n) is 5.31. The van der Waals surface area contributed by atoms with Gasteiger partial charge in [0.05, 0.1) is 48.7 Å². The molecule has 0 aliphatic heterocycles. The number of halogens is 3. The molecular formula is C25H22F3N3O2. The van der Waals surface area contributed by atoms with Gasteiger partial charge < -0.3 is 14.4 Å². The van der Waals surface area contributed by atoms with Crippen molar-refractivity contribution in [2.45, 2.75) is 12.7 Å². The number of rotatable bonds is 6. The van der Waals surface area contributed by atoms with Crippen LogP contribution in [0.5, 0.6) is 11.5 Å². The van der Waals surface area contributed by atoms with Crippen LogP contribution in [0.2, 0.25) is 0 Å². The van der Waals surface area contributed by atoms with Gasteiger partial charge in [0.2, 0.25) is 0 Å². The third-order valence-corrected chi connectivity index (χ3v) is 5.31. The fourth-order valence-electron chi connectivity index (χ4n) is 3.58. The van der Waals surface area contributed by atoms with E-state index < -0.39 is 11.7 Å². The molecule has 0 N–H and O–H groups in total. The van der Waals surface area contributed by atoms with E-state index in [1.807, 2.05) is 54.4 Å². The lowest BCUT2D eigenvalue weighted by Gasteiger charge is -2.22. The number of anilines is 1. The topological polar surface area (TPSA) is 47.5 Å². The van der Waals surface area contributed by atoms with E-state index in [0.717, 1.165) is 23.4 Å². The summed E-state index contributed by atoms with van der Waals surface area (Å²) in [6, 6.07) is 18.4. The lowest BCUT2D eigenvalue weighted by atomic mass is 10.1. The molecule has 170 valence electrons. The van der Waals surface area contributed by atoms with Crippen LogP contribution in [0, 0.1) is 0 Å². The molecular weight excluding hydrogens is 431 g/mol. The molecule has 1 heterocycles. The number of aromatic nitrogens is 2. The van der Waals surface area contributed by atoms with Gasteiger partial charge >= 0.3 is 6.18 Å². The molecule has 0 saturated carbocycles. The molecule has 4 aromatic rings. The Labute approximate surface area is 189 Å². The number of nitrogens with zero attached hydrogens (tertiary/aromatic N) is 3. The van der Waals surface area contributed by atoms with E-state index in [0.29, 0.717) is 34.9 Å². The molecule has 5 nitrogen and oxygen atoms in total. The van der Waals surface area contributed by atoms with Gasteiger partial charge in [0.1, 0.15) is 0 Å². The fourth-order valence-corrected chi connectivity index (χ4v) is 3.58. The number of methoxy groups -OCH3 is 2. The summed E-state index contributed by atoms with van der Waals surface area (Å²) in [5, 5.41) is 0. The van der Waals surface area contributed by atoms with Gasteiger partial charge in [-0.25, -0.2) is 9.97 Å². The second-order valence-corrected chi connectivity index (χ2v) is 7.48. The molecule has 0 spiro atoms. The highest BCUT2D eigenvalue weighted by atomic mass is 19.4. The molecule has 0 aliphatic carbocycles. The molecule has 0 saturated heterocycles. The molecule has 0 unspecified atom stereocenters. The van der Waals surface area contributed by atoms with Crippen LogP contribution in [0.1, 0.15) is 11.3 Å². The predicted octanol–water partition coefficient (Wildman–Crippen LogP) is 5.97. The first-order valence-corrected chi connectivity index (χ1v) is 10.2. The van der Waals surface area contributed by atoms with Gasteiger partial charge in [-0.1, -0.05) is 30.3 Å². The highest BCUT2D eigenvalue weighted by molar-refractivity contribution is 5.79. The Kier molecular flexibility index (Phi) is 6.09. The molecule has 8 heteroatoms. The Bertz CT molecular complexity index is 1280. The van der Waals surface area contributed by atoms with Crippen LogP contribution in [0.15, 0.2) is 66.7 Å². The Balaban J connectivity index is 1.80. The van der Waals surface area contributed by atoms with Gasteiger partial charge in [0, 0.05) is 24.4 Å². The first-order chi connectivity index (χ1) is 15.8. The zero-order valence-corrected chi connectivity index (χ0v) is 18.3. The third kappa shape index (κ3) is 4.69. The number of hydrogen-bond acceptors (Lipinski definition) is 5. The first-order valence-electron chi connectivity index (χ1n) is 10.2. The van der Waals surface area contributed by atoms with E-state index in [1.54, 1.807) is 20.3 Å². The van der Waals surface area contributed by atoms with Crippen LogP contribution < -0.4 is 14.4 Å². The van der Waals surface area contributed by atoms with Crippen molar-refractivity contribution in [3.63, 3.8) is 0 Å². The van der Waals surface area contributed by atoms with E-state index in [-0.39, 0.29) is 5.52 Å². The van der Waals surface area contributed by atoms with E-state index in [9.17, 15) is 13.2 Å². The molecule has 33 heavy (non-hydrogen) atoms. The van der Waals surface area contributed by atoms with E-state index >= 15 is 0 Å². The van der Waals surface area contributed by atoms with Crippen LogP contribution in [0.3, 0.4) is 0 Å². The second kappa shape index (κ2) is 8.97. The van der Waals surface area contributed by atoms with Crippen molar-refractivity contribution < 1.29 is 22.6 Å². The van der Waals surface area contributed by atoms with Crippen molar-refractivity contribution in [3.8, 4) is 22.8 Å². The molecule has 0 aliphatic rings. The van der Waals surface area contributed by atoms with Gasteiger partial charge in [-0.3, -0.25) is 0 Å². The molecule has 0 radical (unpaired) electrons. The van der Waals surface area contributed by atoms with Gasteiger partial charge in [-0.2, -0.15) is 13.2 Å². The van der Waals surface area contributed by atoms with Crippen molar-refractivity contribution in [2.75, 3.05) is 26.2 Å². The van der Waals surface area contributed by atoms with Gasteiger partial charge in [-0.15, -0.1) is 0 Å². The van der Waals surface area contributed by atoms with Crippen molar-refractivity contribution >= 4 is 16.7 Å².